The van der Waals surface area contributed by atoms with Gasteiger partial charge in [0, 0.05) is 0 Å². The van der Waals surface area contributed by atoms with Gasteiger partial charge >= 0.3 is 0 Å². The summed E-state index contributed by atoms with van der Waals surface area (Å²) in [7, 11) is 0. The van der Waals surface area contributed by atoms with Crippen LogP contribution in [0.5, 0.6) is 0 Å². The second-order valence-electron chi connectivity index (χ2n) is 3.07. The lowest BCUT2D eigenvalue weighted by Gasteiger charge is -2.15. The van der Waals surface area contributed by atoms with Gasteiger partial charge in [-0.25, -0.2) is 0 Å². The van der Waals surface area contributed by atoms with Crippen LogP contribution >= 0.6 is 0 Å². The highest BCUT2D eigenvalue weighted by molar-refractivity contribution is 4.63. The lowest BCUT2D eigenvalue weighted by atomic mass is 10.3. The second kappa shape index (κ2) is 1.68. The maximum atomic E-state index is 5.29. The molecule has 1 rings (SSSR count). The van der Waals surface area contributed by atoms with Crippen LogP contribution in [0.15, 0.2) is 0 Å². The third-order valence-corrected chi connectivity index (χ3v) is 0.935. The van der Waals surface area contributed by atoms with E-state index in [2.05, 4.69) is 0 Å². The van der Waals surface area contributed by atoms with Gasteiger partial charge in [0.15, 0.2) is 11.6 Å². The highest BCUT2D eigenvalue weighted by atomic mass is 17.3. The third-order valence-electron chi connectivity index (χ3n) is 0.935. The van der Waals surface area contributed by atoms with Gasteiger partial charge in [-0.05, 0) is 27.7 Å². The Labute approximate surface area is 54.8 Å². The Morgan fingerprint density at radius 3 is 1.22 bits per heavy atom. The van der Waals surface area contributed by atoms with E-state index >= 15 is 0 Å². The van der Waals surface area contributed by atoms with E-state index in [1.807, 2.05) is 27.7 Å². The van der Waals surface area contributed by atoms with Crippen LogP contribution in [-0.2, 0) is 14.5 Å². The zero-order valence-corrected chi connectivity index (χ0v) is 6.22. The van der Waals surface area contributed by atoms with Gasteiger partial charge in [0.1, 0.15) is 0 Å². The average Bonchev–Trinajstić information content (AvgIpc) is 1.78. The van der Waals surface area contributed by atoms with E-state index < -0.39 is 11.6 Å². The Bertz CT molecular complexity index is 103. The van der Waals surface area contributed by atoms with Crippen LogP contribution in [0.25, 0.3) is 0 Å². The minimum atomic E-state index is -0.594. The predicted molar refractivity (Wildman–Crippen MR) is 31.4 cm³/mol. The molecule has 1 saturated heterocycles. The highest BCUT2D eigenvalue weighted by Crippen LogP contribution is 2.30. The summed E-state index contributed by atoms with van der Waals surface area (Å²) >= 11 is 0. The van der Waals surface area contributed by atoms with Crippen LogP contribution in [0.1, 0.15) is 27.7 Å². The number of hydrogen-bond donors (Lipinski definition) is 0. The molecule has 0 spiro atoms. The lowest BCUT2D eigenvalue weighted by molar-refractivity contribution is -0.337. The molecule has 1 heterocycles. The van der Waals surface area contributed by atoms with Crippen molar-refractivity contribution in [1.29, 1.82) is 0 Å². The second-order valence-corrected chi connectivity index (χ2v) is 3.07. The molecule has 0 aromatic carbocycles. The maximum absolute atomic E-state index is 5.29. The number of hydrogen-bond acceptors (Lipinski definition) is 3. The fourth-order valence-electron chi connectivity index (χ4n) is 0.827. The fourth-order valence-corrected chi connectivity index (χ4v) is 0.827. The first-order chi connectivity index (χ1) is 3.91. The molecule has 3 nitrogen and oxygen atoms in total. The van der Waals surface area contributed by atoms with Crippen molar-refractivity contribution in [3.8, 4) is 0 Å². The molecule has 0 saturated carbocycles. The minimum Gasteiger partial charge on any atom is -0.314 e. The quantitative estimate of drug-likeness (QED) is 0.467. The predicted octanol–water partition coefficient (Wildman–Crippen LogP) is 1.44. The van der Waals surface area contributed by atoms with Crippen molar-refractivity contribution in [2.24, 2.45) is 0 Å². The lowest BCUT2D eigenvalue weighted by Crippen LogP contribution is -2.26. The summed E-state index contributed by atoms with van der Waals surface area (Å²) in [6.07, 6.45) is 0. The highest BCUT2D eigenvalue weighted by Gasteiger charge is 2.40. The zero-order valence-electron chi connectivity index (χ0n) is 6.22. The van der Waals surface area contributed by atoms with Crippen molar-refractivity contribution in [2.45, 2.75) is 39.3 Å². The molecule has 0 aromatic heterocycles. The van der Waals surface area contributed by atoms with E-state index in [-0.39, 0.29) is 0 Å². The molecule has 0 bridgehead atoms. The summed E-state index contributed by atoms with van der Waals surface area (Å²) in [5.41, 5.74) is 0. The molecule has 0 atom stereocenters. The van der Waals surface area contributed by atoms with Crippen molar-refractivity contribution in [2.75, 3.05) is 0 Å². The van der Waals surface area contributed by atoms with Crippen LogP contribution < -0.4 is 0 Å². The smallest absolute Gasteiger partial charge is 0.199 e. The largest absolute Gasteiger partial charge is 0.314 e. The molecular formula is C6H12O3. The Balaban J connectivity index is 2.58. The van der Waals surface area contributed by atoms with Gasteiger partial charge < -0.3 is 4.74 Å². The molecule has 0 aliphatic carbocycles. The topological polar surface area (TPSA) is 27.7 Å². The van der Waals surface area contributed by atoms with E-state index in [0.29, 0.717) is 0 Å². The zero-order chi connectivity index (χ0) is 7.12. The Kier molecular flexibility index (Phi) is 1.31. The third kappa shape index (κ3) is 1.64. The fraction of sp³-hybridized carbons (Fsp3) is 1.00. The molecule has 1 aliphatic rings. The number of rotatable bonds is 0. The molecule has 0 unspecified atom stereocenters. The van der Waals surface area contributed by atoms with Crippen molar-refractivity contribution in [3.63, 3.8) is 0 Å². The van der Waals surface area contributed by atoms with Crippen LogP contribution in [0.2, 0.25) is 0 Å². The van der Waals surface area contributed by atoms with Gasteiger partial charge in [-0.1, -0.05) is 0 Å². The first-order valence-corrected chi connectivity index (χ1v) is 2.98. The summed E-state index contributed by atoms with van der Waals surface area (Å²) in [5.74, 6) is -1.19. The average molecular weight is 132 g/mol. The molecule has 0 N–H and O–H groups in total. The van der Waals surface area contributed by atoms with Crippen molar-refractivity contribution in [3.05, 3.63) is 0 Å². The molecule has 9 heavy (non-hydrogen) atoms. The van der Waals surface area contributed by atoms with E-state index in [1.54, 1.807) is 0 Å². The monoisotopic (exact) mass is 132 g/mol. The molecule has 1 aliphatic heterocycles. The summed E-state index contributed by atoms with van der Waals surface area (Å²) in [6.45, 7) is 7.23. The van der Waals surface area contributed by atoms with Crippen LogP contribution in [0.4, 0.5) is 0 Å². The van der Waals surface area contributed by atoms with Gasteiger partial charge in [-0.15, -0.1) is 0 Å². The van der Waals surface area contributed by atoms with Gasteiger partial charge in [0.2, 0.25) is 0 Å². The summed E-state index contributed by atoms with van der Waals surface area (Å²) < 4.78 is 5.29. The van der Waals surface area contributed by atoms with Crippen LogP contribution in [0, 0.1) is 0 Å². The van der Waals surface area contributed by atoms with Crippen molar-refractivity contribution < 1.29 is 14.5 Å². The van der Waals surface area contributed by atoms with E-state index in [4.69, 9.17) is 14.5 Å². The normalized spacial score (nSPS) is 30.7. The number of ether oxygens (including phenoxy) is 1. The van der Waals surface area contributed by atoms with Crippen LogP contribution in [-0.4, -0.2) is 11.6 Å². The van der Waals surface area contributed by atoms with Crippen molar-refractivity contribution >= 4 is 0 Å². The van der Waals surface area contributed by atoms with Gasteiger partial charge in [0.25, 0.3) is 0 Å². The first kappa shape index (κ1) is 6.99. The Hall–Kier alpha value is -0.120. The molecule has 0 aromatic rings. The molecule has 1 fully saturated rings. The minimum absolute atomic E-state index is 0.594. The SMILES string of the molecule is CC1(C)OOC(C)(C)O1. The summed E-state index contributed by atoms with van der Waals surface area (Å²) in [6, 6.07) is 0. The van der Waals surface area contributed by atoms with Crippen LogP contribution in [0.3, 0.4) is 0 Å². The molecule has 0 radical (unpaired) electrons. The summed E-state index contributed by atoms with van der Waals surface area (Å²) in [5, 5.41) is 0. The van der Waals surface area contributed by atoms with E-state index in [0.717, 1.165) is 0 Å². The molecule has 0 amide bonds. The standard InChI is InChI=1S/C6H12O3/c1-5(2)7-6(3,4)9-8-5/h1-4H3. The van der Waals surface area contributed by atoms with Gasteiger partial charge in [-0.2, -0.15) is 9.78 Å². The molecule has 54 valence electrons. The van der Waals surface area contributed by atoms with E-state index in [1.165, 1.54) is 0 Å². The Morgan fingerprint density at radius 2 is 1.11 bits per heavy atom. The van der Waals surface area contributed by atoms with Gasteiger partial charge in [0.05, 0.1) is 0 Å². The maximum Gasteiger partial charge on any atom is 0.199 e. The summed E-state index contributed by atoms with van der Waals surface area (Å²) in [4.78, 5) is 9.67. The van der Waals surface area contributed by atoms with Gasteiger partial charge in [-0.3, -0.25) is 0 Å². The first-order valence-electron chi connectivity index (χ1n) is 2.98. The molecular weight excluding hydrogens is 120 g/mol. The van der Waals surface area contributed by atoms with E-state index in [9.17, 15) is 0 Å². The van der Waals surface area contributed by atoms with Crippen molar-refractivity contribution in [1.82, 2.24) is 0 Å². The Morgan fingerprint density at radius 1 is 0.778 bits per heavy atom. The molecule has 3 heteroatoms.